The molecule has 0 unspecified atom stereocenters. The largest absolute Gasteiger partial charge is 0.0848 e. The van der Waals surface area contributed by atoms with Crippen LogP contribution in [-0.4, -0.2) is 0 Å². The van der Waals surface area contributed by atoms with Crippen molar-refractivity contribution in [1.82, 2.24) is 0 Å². The molecular formula is C14H25. The smallest absolute Gasteiger partial charge is 0.0348 e. The minimum Gasteiger partial charge on any atom is -0.0848 e. The van der Waals surface area contributed by atoms with Crippen LogP contribution >= 0.6 is 0 Å². The highest BCUT2D eigenvalue weighted by Crippen LogP contribution is 2.06. The van der Waals surface area contributed by atoms with Crippen molar-refractivity contribution in [3.05, 3.63) is 31.2 Å². The van der Waals surface area contributed by atoms with Crippen LogP contribution in [0.15, 0.2) is 24.3 Å². The number of rotatable bonds is 9. The maximum Gasteiger partial charge on any atom is -0.0348 e. The van der Waals surface area contributed by atoms with Gasteiger partial charge in [-0.25, -0.2) is 0 Å². The lowest BCUT2D eigenvalue weighted by Crippen LogP contribution is -1.77. The second-order valence-corrected chi connectivity index (χ2v) is 3.67. The second-order valence-electron chi connectivity index (χ2n) is 3.67. The van der Waals surface area contributed by atoms with E-state index in [0.717, 1.165) is 12.8 Å². The normalized spacial score (nSPS) is 11.9. The van der Waals surface area contributed by atoms with Crippen molar-refractivity contribution >= 4 is 0 Å². The van der Waals surface area contributed by atoms with Gasteiger partial charge in [0, 0.05) is 0 Å². The van der Waals surface area contributed by atoms with Crippen LogP contribution in [0.25, 0.3) is 0 Å². The third kappa shape index (κ3) is 11.5. The summed E-state index contributed by atoms with van der Waals surface area (Å²) in [5.74, 6) is 0. The molecule has 0 bridgehead atoms. The Balaban J connectivity index is 3.05. The fraction of sp³-hybridized carbons (Fsp3) is 0.643. The van der Waals surface area contributed by atoms with Gasteiger partial charge in [-0.15, -0.1) is 0 Å². The molecule has 14 heavy (non-hydrogen) atoms. The maximum absolute atomic E-state index is 3.84. The fourth-order valence-corrected chi connectivity index (χ4v) is 1.36. The molecule has 0 saturated carbocycles. The van der Waals surface area contributed by atoms with Crippen molar-refractivity contribution in [1.29, 1.82) is 0 Å². The predicted molar refractivity (Wildman–Crippen MR) is 66.2 cm³/mol. The molecule has 0 saturated heterocycles. The van der Waals surface area contributed by atoms with Gasteiger partial charge in [-0.2, -0.15) is 0 Å². The van der Waals surface area contributed by atoms with Gasteiger partial charge < -0.3 is 0 Å². The average molecular weight is 193 g/mol. The van der Waals surface area contributed by atoms with E-state index in [1.807, 2.05) is 0 Å². The number of allylic oxidation sites excluding steroid dienone is 4. The van der Waals surface area contributed by atoms with E-state index in [1.54, 1.807) is 0 Å². The molecule has 0 spiro atoms. The van der Waals surface area contributed by atoms with Crippen molar-refractivity contribution in [3.63, 3.8) is 0 Å². The van der Waals surface area contributed by atoms with Gasteiger partial charge in [0.15, 0.2) is 0 Å². The molecular weight excluding hydrogens is 168 g/mol. The number of hydrogen-bond donors (Lipinski definition) is 0. The molecule has 0 atom stereocenters. The van der Waals surface area contributed by atoms with Gasteiger partial charge in [0.05, 0.1) is 0 Å². The quantitative estimate of drug-likeness (QED) is 0.354. The molecule has 0 amide bonds. The summed E-state index contributed by atoms with van der Waals surface area (Å²) in [6.07, 6.45) is 19.0. The predicted octanol–water partition coefficient (Wildman–Crippen LogP) is 5.07. The van der Waals surface area contributed by atoms with Gasteiger partial charge in [-0.3, -0.25) is 0 Å². The van der Waals surface area contributed by atoms with E-state index in [2.05, 4.69) is 38.2 Å². The molecule has 0 rings (SSSR count). The van der Waals surface area contributed by atoms with Gasteiger partial charge in [0.25, 0.3) is 0 Å². The molecule has 0 nitrogen and oxygen atoms in total. The molecule has 0 aromatic carbocycles. The highest BCUT2D eigenvalue weighted by Gasteiger charge is 1.87. The van der Waals surface area contributed by atoms with E-state index in [1.165, 1.54) is 38.5 Å². The van der Waals surface area contributed by atoms with Crippen LogP contribution in [0.1, 0.15) is 58.3 Å². The van der Waals surface area contributed by atoms with Crippen molar-refractivity contribution in [2.75, 3.05) is 0 Å². The second kappa shape index (κ2) is 12.5. The third-order valence-corrected chi connectivity index (χ3v) is 2.24. The molecule has 81 valence electrons. The number of hydrogen-bond acceptors (Lipinski definition) is 0. The minimum atomic E-state index is 1.10. The van der Waals surface area contributed by atoms with Crippen LogP contribution in [0.3, 0.4) is 0 Å². The van der Waals surface area contributed by atoms with Gasteiger partial charge in [0.2, 0.25) is 0 Å². The first-order valence-electron chi connectivity index (χ1n) is 6.02. The zero-order chi connectivity index (χ0) is 10.5. The Morgan fingerprint density at radius 1 is 0.857 bits per heavy atom. The molecule has 0 aromatic heterocycles. The average Bonchev–Trinajstić information content (AvgIpc) is 2.21. The topological polar surface area (TPSA) is 0 Å². The zero-order valence-corrected chi connectivity index (χ0v) is 9.67. The zero-order valence-electron chi connectivity index (χ0n) is 9.67. The van der Waals surface area contributed by atoms with E-state index in [0.29, 0.717) is 0 Å². The Hall–Kier alpha value is -0.520. The van der Waals surface area contributed by atoms with Crippen LogP contribution in [0.5, 0.6) is 0 Å². The van der Waals surface area contributed by atoms with Gasteiger partial charge in [-0.05, 0) is 19.3 Å². The molecule has 0 fully saturated rings. The fourth-order valence-electron chi connectivity index (χ4n) is 1.36. The van der Waals surface area contributed by atoms with Crippen molar-refractivity contribution < 1.29 is 0 Å². The lowest BCUT2D eigenvalue weighted by molar-refractivity contribution is 0.621. The first-order chi connectivity index (χ1) is 6.91. The van der Waals surface area contributed by atoms with Gasteiger partial charge in [-0.1, -0.05) is 70.3 Å². The van der Waals surface area contributed by atoms with Crippen LogP contribution in [0, 0.1) is 6.92 Å². The van der Waals surface area contributed by atoms with Gasteiger partial charge in [0.1, 0.15) is 0 Å². The monoisotopic (exact) mass is 193 g/mol. The first-order valence-corrected chi connectivity index (χ1v) is 6.02. The summed E-state index contributed by atoms with van der Waals surface area (Å²) in [5.41, 5.74) is 0. The molecule has 0 heteroatoms. The lowest BCUT2D eigenvalue weighted by atomic mass is 10.1. The Bertz CT molecular complexity index is 142. The molecule has 0 aliphatic heterocycles. The number of unbranched alkanes of at least 4 members (excludes halogenated alkanes) is 6. The summed E-state index contributed by atoms with van der Waals surface area (Å²) in [6, 6.07) is 0. The molecule has 0 aromatic rings. The molecule has 0 aliphatic rings. The van der Waals surface area contributed by atoms with E-state index < -0.39 is 0 Å². The summed E-state index contributed by atoms with van der Waals surface area (Å²) in [7, 11) is 0. The van der Waals surface area contributed by atoms with Crippen molar-refractivity contribution in [2.24, 2.45) is 0 Å². The van der Waals surface area contributed by atoms with Crippen LogP contribution in [0.2, 0.25) is 0 Å². The highest BCUT2D eigenvalue weighted by atomic mass is 13.9. The van der Waals surface area contributed by atoms with Crippen molar-refractivity contribution in [3.8, 4) is 0 Å². The molecule has 1 radical (unpaired) electrons. The van der Waals surface area contributed by atoms with E-state index in [4.69, 9.17) is 0 Å². The van der Waals surface area contributed by atoms with Crippen molar-refractivity contribution in [2.45, 2.75) is 58.3 Å². The van der Waals surface area contributed by atoms with Gasteiger partial charge >= 0.3 is 0 Å². The van der Waals surface area contributed by atoms with Crippen LogP contribution in [-0.2, 0) is 0 Å². The molecule has 0 heterocycles. The Morgan fingerprint density at radius 3 is 2.21 bits per heavy atom. The summed E-state index contributed by atoms with van der Waals surface area (Å²) in [4.78, 5) is 0. The third-order valence-electron chi connectivity index (χ3n) is 2.24. The summed E-state index contributed by atoms with van der Waals surface area (Å²) in [5, 5.41) is 0. The maximum atomic E-state index is 3.84. The molecule has 0 aliphatic carbocycles. The first kappa shape index (κ1) is 13.5. The standard InChI is InChI=1S/C14H25/c1-3-5-7-9-11-13-14-12-10-8-6-4-2/h6,8,10,12H,1,3-5,7,9,11,13-14H2,2H3. The van der Waals surface area contributed by atoms with E-state index in [9.17, 15) is 0 Å². The van der Waals surface area contributed by atoms with E-state index >= 15 is 0 Å². The summed E-state index contributed by atoms with van der Waals surface area (Å²) >= 11 is 0. The SMILES string of the molecule is [CH2]CCCCCCCC=CC=CCC. The Morgan fingerprint density at radius 2 is 1.50 bits per heavy atom. The lowest BCUT2D eigenvalue weighted by Gasteiger charge is -1.97. The Kier molecular flexibility index (Phi) is 12.0. The molecule has 0 N–H and O–H groups in total. The highest BCUT2D eigenvalue weighted by molar-refractivity contribution is 5.01. The van der Waals surface area contributed by atoms with E-state index in [-0.39, 0.29) is 0 Å². The van der Waals surface area contributed by atoms with Crippen LogP contribution in [0.4, 0.5) is 0 Å². The summed E-state index contributed by atoms with van der Waals surface area (Å²) < 4.78 is 0. The summed E-state index contributed by atoms with van der Waals surface area (Å²) in [6.45, 7) is 6.00. The van der Waals surface area contributed by atoms with Crippen LogP contribution < -0.4 is 0 Å². The minimum absolute atomic E-state index is 1.10. The Labute approximate surface area is 90.1 Å².